The number of benzene rings is 1. The zero-order valence-electron chi connectivity index (χ0n) is 22.5. The third-order valence-electron chi connectivity index (χ3n) is 7.54. The van der Waals surface area contributed by atoms with Gasteiger partial charge in [0.25, 0.3) is 0 Å². The first-order valence-corrected chi connectivity index (χ1v) is 15.4. The molecule has 0 unspecified atom stereocenters. The van der Waals surface area contributed by atoms with Crippen molar-refractivity contribution in [3.05, 3.63) is 18.2 Å². The third-order valence-corrected chi connectivity index (χ3v) is 10.9. The quantitative estimate of drug-likeness (QED) is 0.537. The lowest BCUT2D eigenvalue weighted by molar-refractivity contribution is -0.118. The van der Waals surface area contributed by atoms with Crippen LogP contribution in [0.3, 0.4) is 0 Å². The molecular weight excluding hydrogens is 510 g/mol. The smallest absolute Gasteiger partial charge is 0.240 e. The number of hydrogen-bond acceptors (Lipinski definition) is 7. The first kappa shape index (κ1) is 27.9. The van der Waals surface area contributed by atoms with Gasteiger partial charge in [-0.15, -0.1) is 0 Å². The summed E-state index contributed by atoms with van der Waals surface area (Å²) in [5.41, 5.74) is 1.08. The van der Waals surface area contributed by atoms with Crippen LogP contribution in [0.2, 0.25) is 0 Å². The molecule has 2 aromatic rings. The Morgan fingerprint density at radius 2 is 1.81 bits per heavy atom. The van der Waals surface area contributed by atoms with Crippen molar-refractivity contribution in [2.24, 2.45) is 11.3 Å². The minimum atomic E-state index is -3.32. The molecule has 0 bridgehead atoms. The minimum Gasteiger partial charge on any atom is -0.326 e. The van der Waals surface area contributed by atoms with Crippen molar-refractivity contribution in [3.8, 4) is 0 Å². The highest BCUT2D eigenvalue weighted by atomic mass is 32.2. The molecule has 4 rings (SSSR count). The zero-order valence-corrected chi connectivity index (χ0v) is 24.1. The number of hydrogen-bond donors (Lipinski definition) is 2. The highest BCUT2D eigenvalue weighted by molar-refractivity contribution is 7.89. The Hall–Kier alpha value is -2.08. The Kier molecular flexibility index (Phi) is 8.00. The Bertz CT molecular complexity index is 1260. The number of aromatic nitrogens is 1. The zero-order chi connectivity index (χ0) is 27.0. The molecule has 2 aliphatic rings. The lowest BCUT2D eigenvalue weighted by Crippen LogP contribution is -2.59. The molecule has 204 valence electrons. The van der Waals surface area contributed by atoms with E-state index in [0.29, 0.717) is 17.4 Å². The Morgan fingerprint density at radius 3 is 2.46 bits per heavy atom. The van der Waals surface area contributed by atoms with Gasteiger partial charge in [0.05, 0.1) is 22.5 Å². The van der Waals surface area contributed by atoms with E-state index in [1.807, 2.05) is 39.8 Å². The van der Waals surface area contributed by atoms with Crippen molar-refractivity contribution in [1.29, 1.82) is 0 Å². The fraction of sp³-hybridized carbons (Fsp3) is 0.654. The summed E-state index contributed by atoms with van der Waals surface area (Å²) in [6.07, 6.45) is 3.64. The van der Waals surface area contributed by atoms with E-state index in [1.54, 1.807) is 10.4 Å². The summed E-state index contributed by atoms with van der Waals surface area (Å²) in [7, 11) is -3.32. The number of nitrogens with zero attached hydrogens (tertiary/aromatic N) is 3. The maximum absolute atomic E-state index is 13.2. The maximum atomic E-state index is 13.2. The molecule has 11 heteroatoms. The molecule has 3 heterocycles. The monoisotopic (exact) mass is 549 g/mol. The number of rotatable bonds is 7. The van der Waals surface area contributed by atoms with E-state index in [-0.39, 0.29) is 41.0 Å². The van der Waals surface area contributed by atoms with Gasteiger partial charge < -0.3 is 10.6 Å². The number of anilines is 2. The van der Waals surface area contributed by atoms with Crippen molar-refractivity contribution < 1.29 is 18.0 Å². The number of piperidine rings is 2. The first-order valence-electron chi connectivity index (χ1n) is 13.0. The predicted molar refractivity (Wildman–Crippen MR) is 149 cm³/mol. The number of likely N-dealkylation sites (tertiary alicyclic amines) is 1. The van der Waals surface area contributed by atoms with E-state index in [9.17, 15) is 18.0 Å². The maximum Gasteiger partial charge on any atom is 0.240 e. The van der Waals surface area contributed by atoms with Crippen LogP contribution in [-0.2, 0) is 19.6 Å². The molecule has 2 amide bonds. The van der Waals surface area contributed by atoms with Crippen molar-refractivity contribution >= 4 is 54.2 Å². The SMILES string of the molecule is CC(=O)Nc1ccc2nc(NC(=O)CN3CCC4(CC3)CCC(C)(C)N(S(=O)(=O)CC(C)C)C4)sc2c1. The van der Waals surface area contributed by atoms with E-state index in [4.69, 9.17) is 0 Å². The van der Waals surface area contributed by atoms with Crippen LogP contribution in [0.15, 0.2) is 18.2 Å². The molecule has 2 aliphatic heterocycles. The van der Waals surface area contributed by atoms with Gasteiger partial charge in [-0.3, -0.25) is 14.5 Å². The number of fused-ring (bicyclic) bond motifs is 1. The van der Waals surface area contributed by atoms with E-state index < -0.39 is 10.0 Å². The molecule has 0 aliphatic carbocycles. The standard InChI is InChI=1S/C26H39N5O4S2/c1-18(2)16-37(34,35)31-17-26(9-8-25(31,4)5)10-12-30(13-11-26)15-23(33)29-24-28-21-7-6-20(27-19(3)32)14-22(21)36-24/h6-7,14,18H,8-13,15-17H2,1-5H3,(H,27,32)(H,28,29,33). The Labute approximate surface area is 224 Å². The normalized spacial score (nSPS) is 20.4. The van der Waals surface area contributed by atoms with E-state index in [2.05, 4.69) is 20.5 Å². The Balaban J connectivity index is 1.34. The second-order valence-corrected chi connectivity index (χ2v) is 14.7. The minimum absolute atomic E-state index is 0.0226. The van der Waals surface area contributed by atoms with Gasteiger partial charge in [-0.25, -0.2) is 13.4 Å². The van der Waals surface area contributed by atoms with Gasteiger partial charge >= 0.3 is 0 Å². The molecule has 2 saturated heterocycles. The van der Waals surface area contributed by atoms with Crippen LogP contribution in [0.25, 0.3) is 10.2 Å². The summed E-state index contributed by atoms with van der Waals surface area (Å²) in [6, 6.07) is 5.47. The van der Waals surface area contributed by atoms with E-state index >= 15 is 0 Å². The molecule has 2 N–H and O–H groups in total. The van der Waals surface area contributed by atoms with E-state index in [0.717, 1.165) is 49.0 Å². The van der Waals surface area contributed by atoms with Crippen molar-refractivity contribution in [2.75, 3.05) is 42.6 Å². The summed E-state index contributed by atoms with van der Waals surface area (Å²) in [4.78, 5) is 30.7. The van der Waals surface area contributed by atoms with Crippen LogP contribution in [0, 0.1) is 11.3 Å². The predicted octanol–water partition coefficient (Wildman–Crippen LogP) is 4.14. The topological polar surface area (TPSA) is 112 Å². The molecule has 0 saturated carbocycles. The van der Waals surface area contributed by atoms with Gasteiger partial charge in [0.2, 0.25) is 21.8 Å². The fourth-order valence-corrected chi connectivity index (χ4v) is 8.75. The molecule has 0 radical (unpaired) electrons. The molecular formula is C26H39N5O4S2. The van der Waals surface area contributed by atoms with E-state index in [1.165, 1.54) is 18.3 Å². The second-order valence-electron chi connectivity index (χ2n) is 11.7. The number of carbonyl (C=O) groups is 2. The highest BCUT2D eigenvalue weighted by Gasteiger charge is 2.48. The number of carbonyl (C=O) groups excluding carboxylic acids is 2. The number of nitrogens with one attached hydrogen (secondary N) is 2. The second kappa shape index (κ2) is 10.6. The highest BCUT2D eigenvalue weighted by Crippen LogP contribution is 2.46. The first-order chi connectivity index (χ1) is 17.3. The number of sulfonamides is 1. The van der Waals surface area contributed by atoms with Crippen LogP contribution >= 0.6 is 11.3 Å². The molecule has 0 atom stereocenters. The van der Waals surface area contributed by atoms with Crippen LogP contribution in [-0.4, -0.2) is 71.9 Å². The van der Waals surface area contributed by atoms with Gasteiger partial charge in [-0.2, -0.15) is 4.31 Å². The van der Waals surface area contributed by atoms with Gasteiger partial charge in [0.1, 0.15) is 0 Å². The lowest BCUT2D eigenvalue weighted by atomic mass is 9.69. The van der Waals surface area contributed by atoms with Crippen molar-refractivity contribution in [3.63, 3.8) is 0 Å². The summed E-state index contributed by atoms with van der Waals surface area (Å²) >= 11 is 1.38. The Morgan fingerprint density at radius 1 is 1.11 bits per heavy atom. The number of amides is 2. The summed E-state index contributed by atoms with van der Waals surface area (Å²) in [6.45, 7) is 11.8. The average molecular weight is 550 g/mol. The molecule has 1 aromatic heterocycles. The van der Waals surface area contributed by atoms with Gasteiger partial charge in [0, 0.05) is 24.7 Å². The van der Waals surface area contributed by atoms with Gasteiger partial charge in [0.15, 0.2) is 5.13 Å². The largest absolute Gasteiger partial charge is 0.326 e. The van der Waals surface area contributed by atoms with Crippen LogP contribution in [0.1, 0.15) is 60.3 Å². The summed E-state index contributed by atoms with van der Waals surface area (Å²) in [5, 5.41) is 6.21. The van der Waals surface area contributed by atoms with Crippen molar-refractivity contribution in [2.45, 2.75) is 65.8 Å². The summed E-state index contributed by atoms with van der Waals surface area (Å²) in [5.74, 6) is 0.0262. The van der Waals surface area contributed by atoms with Gasteiger partial charge in [-0.1, -0.05) is 25.2 Å². The molecule has 37 heavy (non-hydrogen) atoms. The summed E-state index contributed by atoms with van der Waals surface area (Å²) < 4.78 is 29.0. The molecule has 9 nitrogen and oxygen atoms in total. The molecule has 1 spiro atoms. The molecule has 1 aromatic carbocycles. The molecule has 2 fully saturated rings. The fourth-order valence-electron chi connectivity index (χ4n) is 5.49. The van der Waals surface area contributed by atoms with Gasteiger partial charge in [-0.05, 0) is 82.2 Å². The van der Waals surface area contributed by atoms with Crippen LogP contribution in [0.4, 0.5) is 10.8 Å². The number of thiazole rings is 1. The van der Waals surface area contributed by atoms with Crippen LogP contribution < -0.4 is 10.6 Å². The lowest BCUT2D eigenvalue weighted by Gasteiger charge is -2.53. The van der Waals surface area contributed by atoms with Crippen LogP contribution in [0.5, 0.6) is 0 Å². The third kappa shape index (κ3) is 6.68. The average Bonchev–Trinajstić information content (AvgIpc) is 3.17. The van der Waals surface area contributed by atoms with Crippen molar-refractivity contribution in [1.82, 2.24) is 14.2 Å².